The molecule has 1 aromatic heterocycles. The third-order valence-corrected chi connectivity index (χ3v) is 4.98. The summed E-state index contributed by atoms with van der Waals surface area (Å²) >= 11 is 7.74. The van der Waals surface area contributed by atoms with E-state index in [4.69, 9.17) is 16.3 Å². The molecule has 114 valence electrons. The summed E-state index contributed by atoms with van der Waals surface area (Å²) < 4.78 is 4.79. The minimum atomic E-state index is -0.276. The third kappa shape index (κ3) is 3.18. The van der Waals surface area contributed by atoms with Crippen molar-refractivity contribution in [2.24, 2.45) is 0 Å². The molecule has 0 saturated carbocycles. The van der Waals surface area contributed by atoms with Gasteiger partial charge in [0.1, 0.15) is 5.82 Å². The van der Waals surface area contributed by atoms with Gasteiger partial charge in [-0.3, -0.25) is 0 Å². The number of rotatable bonds is 2. The summed E-state index contributed by atoms with van der Waals surface area (Å²) in [6, 6.07) is 0.161. The van der Waals surface area contributed by atoms with E-state index in [9.17, 15) is 4.79 Å². The molecule has 1 N–H and O–H groups in total. The summed E-state index contributed by atoms with van der Waals surface area (Å²) in [5, 5.41) is 3.70. The standard InChI is InChI=1S/C13H17ClN4O2S/c1-20-13(19)18-5-2-3-8(7-18)15-11-10-9(4-6-21-10)16-12(14)17-11/h8H,2-7H2,1H3,(H,15,16,17). The minimum absolute atomic E-state index is 0.161. The van der Waals surface area contributed by atoms with Crippen LogP contribution >= 0.6 is 23.4 Å². The van der Waals surface area contributed by atoms with Gasteiger partial charge in [-0.2, -0.15) is 4.98 Å². The second kappa shape index (κ2) is 6.27. The van der Waals surface area contributed by atoms with Crippen molar-refractivity contribution in [3.8, 4) is 0 Å². The number of likely N-dealkylation sites (tertiary alicyclic amines) is 1. The molecule has 1 atom stereocenters. The number of amides is 1. The molecule has 3 rings (SSSR count). The van der Waals surface area contributed by atoms with Gasteiger partial charge in [0.05, 0.1) is 17.7 Å². The van der Waals surface area contributed by atoms with Crippen molar-refractivity contribution in [2.75, 3.05) is 31.3 Å². The van der Waals surface area contributed by atoms with Gasteiger partial charge in [-0.15, -0.1) is 11.8 Å². The van der Waals surface area contributed by atoms with Crippen LogP contribution in [0, 0.1) is 0 Å². The van der Waals surface area contributed by atoms with Gasteiger partial charge < -0.3 is 15.0 Å². The number of hydrogen-bond donors (Lipinski definition) is 1. The Labute approximate surface area is 132 Å². The van der Waals surface area contributed by atoms with Crippen LogP contribution in [0.2, 0.25) is 5.28 Å². The van der Waals surface area contributed by atoms with Gasteiger partial charge >= 0.3 is 6.09 Å². The number of aryl methyl sites for hydroxylation is 1. The maximum Gasteiger partial charge on any atom is 0.409 e. The van der Waals surface area contributed by atoms with Crippen LogP contribution in [-0.2, 0) is 11.2 Å². The highest BCUT2D eigenvalue weighted by Gasteiger charge is 2.26. The van der Waals surface area contributed by atoms with Crippen LogP contribution in [0.25, 0.3) is 0 Å². The lowest BCUT2D eigenvalue weighted by Crippen LogP contribution is -2.45. The van der Waals surface area contributed by atoms with Crippen molar-refractivity contribution in [1.29, 1.82) is 0 Å². The normalized spacial score (nSPS) is 21.0. The maximum absolute atomic E-state index is 11.6. The van der Waals surface area contributed by atoms with Crippen LogP contribution in [0.3, 0.4) is 0 Å². The van der Waals surface area contributed by atoms with Gasteiger partial charge in [-0.1, -0.05) is 0 Å². The van der Waals surface area contributed by atoms with Gasteiger partial charge in [-0.05, 0) is 24.4 Å². The molecule has 1 amide bonds. The predicted octanol–water partition coefficient (Wildman–Crippen LogP) is 2.42. The van der Waals surface area contributed by atoms with Gasteiger partial charge in [0, 0.05) is 31.3 Å². The van der Waals surface area contributed by atoms with Crippen LogP contribution in [0.1, 0.15) is 18.5 Å². The number of halogens is 1. The molecular formula is C13H17ClN4O2S. The fourth-order valence-electron chi connectivity index (χ4n) is 2.72. The summed E-state index contributed by atoms with van der Waals surface area (Å²) in [6.07, 6.45) is 2.59. The first-order chi connectivity index (χ1) is 10.2. The first-order valence-electron chi connectivity index (χ1n) is 6.96. The topological polar surface area (TPSA) is 67.3 Å². The average molecular weight is 329 g/mol. The Hall–Kier alpha value is -1.21. The van der Waals surface area contributed by atoms with Gasteiger partial charge in [0.15, 0.2) is 0 Å². The summed E-state index contributed by atoms with van der Waals surface area (Å²) in [5.41, 5.74) is 1.02. The average Bonchev–Trinajstić information content (AvgIpc) is 2.95. The zero-order valence-corrected chi connectivity index (χ0v) is 13.3. The number of nitrogens with zero attached hydrogens (tertiary/aromatic N) is 3. The number of hydrogen-bond acceptors (Lipinski definition) is 6. The Balaban J connectivity index is 1.73. The molecule has 2 aliphatic rings. The Morgan fingerprint density at radius 3 is 3.19 bits per heavy atom. The molecule has 8 heteroatoms. The second-order valence-corrected chi connectivity index (χ2v) is 6.56. The molecule has 0 bridgehead atoms. The van der Waals surface area contributed by atoms with Crippen molar-refractivity contribution >= 4 is 35.3 Å². The Morgan fingerprint density at radius 2 is 2.38 bits per heavy atom. The first kappa shape index (κ1) is 14.7. The smallest absolute Gasteiger partial charge is 0.409 e. The van der Waals surface area contributed by atoms with Gasteiger partial charge in [0.25, 0.3) is 0 Å². The molecule has 0 aromatic carbocycles. The van der Waals surface area contributed by atoms with E-state index in [1.807, 2.05) is 0 Å². The molecule has 1 fully saturated rings. The van der Waals surface area contributed by atoms with Crippen LogP contribution < -0.4 is 5.32 Å². The minimum Gasteiger partial charge on any atom is -0.453 e. The molecule has 6 nitrogen and oxygen atoms in total. The van der Waals surface area contributed by atoms with E-state index in [-0.39, 0.29) is 17.4 Å². The van der Waals surface area contributed by atoms with E-state index in [0.29, 0.717) is 6.54 Å². The van der Waals surface area contributed by atoms with Crippen molar-refractivity contribution < 1.29 is 9.53 Å². The number of fused-ring (bicyclic) bond motifs is 1. The number of piperidine rings is 1. The van der Waals surface area contributed by atoms with E-state index < -0.39 is 0 Å². The zero-order valence-electron chi connectivity index (χ0n) is 11.8. The number of thioether (sulfide) groups is 1. The van der Waals surface area contributed by atoms with Crippen molar-refractivity contribution in [1.82, 2.24) is 14.9 Å². The first-order valence-corrected chi connectivity index (χ1v) is 8.32. The number of nitrogens with one attached hydrogen (secondary N) is 1. The van der Waals surface area contributed by atoms with Gasteiger partial charge in [-0.25, -0.2) is 9.78 Å². The molecule has 0 spiro atoms. The molecule has 2 aliphatic heterocycles. The van der Waals surface area contributed by atoms with E-state index in [2.05, 4.69) is 15.3 Å². The monoisotopic (exact) mass is 328 g/mol. The van der Waals surface area contributed by atoms with Crippen LogP contribution in [0.15, 0.2) is 4.90 Å². The fraction of sp³-hybridized carbons (Fsp3) is 0.615. The molecule has 0 aliphatic carbocycles. The van der Waals surface area contributed by atoms with Gasteiger partial charge in [0.2, 0.25) is 5.28 Å². The van der Waals surface area contributed by atoms with E-state index in [0.717, 1.165) is 48.0 Å². The third-order valence-electron chi connectivity index (χ3n) is 3.69. The van der Waals surface area contributed by atoms with Crippen LogP contribution in [-0.4, -0.2) is 53.0 Å². The summed E-state index contributed by atoms with van der Waals surface area (Å²) in [6.45, 7) is 1.36. The van der Waals surface area contributed by atoms with Crippen molar-refractivity contribution in [3.05, 3.63) is 11.0 Å². The fourth-order valence-corrected chi connectivity index (χ4v) is 3.96. The lowest BCUT2D eigenvalue weighted by molar-refractivity contribution is 0.113. The lowest BCUT2D eigenvalue weighted by atomic mass is 10.1. The maximum atomic E-state index is 11.6. The highest BCUT2D eigenvalue weighted by atomic mass is 35.5. The van der Waals surface area contributed by atoms with E-state index >= 15 is 0 Å². The molecule has 1 aromatic rings. The number of methoxy groups -OCH3 is 1. The van der Waals surface area contributed by atoms with E-state index in [1.165, 1.54) is 7.11 Å². The molecule has 1 unspecified atom stereocenters. The molecule has 0 radical (unpaired) electrons. The summed E-state index contributed by atoms with van der Waals surface area (Å²) in [4.78, 5) is 23.0. The predicted molar refractivity (Wildman–Crippen MR) is 82.1 cm³/mol. The highest BCUT2D eigenvalue weighted by molar-refractivity contribution is 7.99. The molecule has 1 saturated heterocycles. The van der Waals surface area contributed by atoms with Crippen molar-refractivity contribution in [3.63, 3.8) is 0 Å². The summed E-state index contributed by atoms with van der Waals surface area (Å²) in [5.74, 6) is 1.81. The lowest BCUT2D eigenvalue weighted by Gasteiger charge is -2.32. The summed E-state index contributed by atoms with van der Waals surface area (Å²) in [7, 11) is 1.41. The SMILES string of the molecule is COC(=O)N1CCCC(Nc2nc(Cl)nc3c2SCC3)C1. The van der Waals surface area contributed by atoms with E-state index in [1.54, 1.807) is 16.7 Å². The number of aromatic nitrogens is 2. The van der Waals surface area contributed by atoms with Crippen LogP contribution in [0.5, 0.6) is 0 Å². The Kier molecular flexibility index (Phi) is 4.40. The van der Waals surface area contributed by atoms with Crippen molar-refractivity contribution in [2.45, 2.75) is 30.2 Å². The second-order valence-electron chi connectivity index (χ2n) is 5.12. The molecule has 3 heterocycles. The zero-order chi connectivity index (χ0) is 14.8. The van der Waals surface area contributed by atoms with Crippen LogP contribution in [0.4, 0.5) is 10.6 Å². The Bertz CT molecular complexity index is 557. The number of anilines is 1. The Morgan fingerprint density at radius 1 is 1.52 bits per heavy atom. The highest BCUT2D eigenvalue weighted by Crippen LogP contribution is 2.36. The largest absolute Gasteiger partial charge is 0.453 e. The quantitative estimate of drug-likeness (QED) is 0.841. The number of carbonyl (C=O) groups is 1. The molecule has 21 heavy (non-hydrogen) atoms. The molecular weight excluding hydrogens is 312 g/mol. The number of carbonyl (C=O) groups excluding carboxylic acids is 1. The number of ether oxygens (including phenoxy) is 1.